The van der Waals surface area contributed by atoms with Gasteiger partial charge in [-0.25, -0.2) is 14.5 Å². The van der Waals surface area contributed by atoms with Gasteiger partial charge in [-0.15, -0.1) is 0 Å². The van der Waals surface area contributed by atoms with Crippen molar-refractivity contribution in [1.29, 1.82) is 0 Å². The van der Waals surface area contributed by atoms with Crippen LogP contribution >= 0.6 is 0 Å². The van der Waals surface area contributed by atoms with Crippen molar-refractivity contribution in [1.82, 2.24) is 28.8 Å². The van der Waals surface area contributed by atoms with E-state index in [4.69, 9.17) is 0 Å². The van der Waals surface area contributed by atoms with E-state index in [1.54, 1.807) is 14.1 Å². The highest BCUT2D eigenvalue weighted by molar-refractivity contribution is 5.75. The third-order valence-electron chi connectivity index (χ3n) is 4.51. The molecule has 0 N–H and O–H groups in total. The van der Waals surface area contributed by atoms with Crippen molar-refractivity contribution >= 4 is 5.91 Å². The van der Waals surface area contributed by atoms with Crippen molar-refractivity contribution in [2.45, 2.75) is 32.1 Å². The molecular weight excluding hydrogens is 353 g/mol. The number of aromatic nitrogens is 5. The summed E-state index contributed by atoms with van der Waals surface area (Å²) in [6.07, 6.45) is -1.02. The van der Waals surface area contributed by atoms with Crippen molar-refractivity contribution in [3.8, 4) is 0 Å². The average molecular weight is 372 g/mol. The molecular formula is C15H19F3N6O2. The minimum Gasteiger partial charge on any atom is -0.344 e. The van der Waals surface area contributed by atoms with Crippen LogP contribution in [0.3, 0.4) is 0 Å². The fourth-order valence-electron chi connectivity index (χ4n) is 3.07. The second kappa shape index (κ2) is 6.61. The molecule has 1 aliphatic rings. The molecule has 1 atom stereocenters. The number of hydrogen-bond donors (Lipinski definition) is 0. The molecule has 0 aliphatic carbocycles. The Hall–Kier alpha value is -2.59. The van der Waals surface area contributed by atoms with E-state index in [0.717, 1.165) is 10.9 Å². The first kappa shape index (κ1) is 18.2. The maximum Gasteiger partial charge on any atom is 0.434 e. The Bertz CT molecular complexity index is 866. The molecule has 11 heteroatoms. The number of carbonyl (C=O) groups is 1. The molecule has 3 heterocycles. The molecule has 142 valence electrons. The Balaban J connectivity index is 1.61. The summed E-state index contributed by atoms with van der Waals surface area (Å²) in [4.78, 5) is 29.1. The smallest absolute Gasteiger partial charge is 0.344 e. The third-order valence-corrected chi connectivity index (χ3v) is 4.51. The van der Waals surface area contributed by atoms with Gasteiger partial charge >= 0.3 is 11.9 Å². The van der Waals surface area contributed by atoms with Crippen LogP contribution in [-0.4, -0.2) is 48.3 Å². The maximum absolute atomic E-state index is 12.8. The standard InChI is InChI=1S/C15H19F3N6O2/c1-21(13(25)8-24-14(26)22(2)9-19-24)5-10-3-4-12-20-11(15(16,17)18)7-23(12)6-10/h7,9-10H,3-6,8H2,1-2H3/t10-/m1/s1. The lowest BCUT2D eigenvalue weighted by molar-refractivity contribution is -0.141. The summed E-state index contributed by atoms with van der Waals surface area (Å²) in [7, 11) is 3.15. The molecule has 2 aromatic heterocycles. The van der Waals surface area contributed by atoms with Gasteiger partial charge in [-0.3, -0.25) is 9.36 Å². The predicted octanol–water partition coefficient (Wildman–Crippen LogP) is 0.518. The summed E-state index contributed by atoms with van der Waals surface area (Å²) >= 11 is 0. The zero-order valence-electron chi connectivity index (χ0n) is 14.4. The van der Waals surface area contributed by atoms with Crippen LogP contribution < -0.4 is 5.69 Å². The molecule has 2 aromatic rings. The van der Waals surface area contributed by atoms with Gasteiger partial charge < -0.3 is 9.47 Å². The van der Waals surface area contributed by atoms with Crippen LogP contribution in [0.2, 0.25) is 0 Å². The first-order valence-corrected chi connectivity index (χ1v) is 8.11. The van der Waals surface area contributed by atoms with Crippen molar-refractivity contribution in [3.63, 3.8) is 0 Å². The van der Waals surface area contributed by atoms with Crippen LogP contribution in [0.1, 0.15) is 17.9 Å². The Morgan fingerprint density at radius 2 is 2.15 bits per heavy atom. The zero-order valence-corrected chi connectivity index (χ0v) is 14.4. The molecule has 3 rings (SSSR count). The molecule has 0 bridgehead atoms. The number of amides is 1. The van der Waals surface area contributed by atoms with Gasteiger partial charge in [-0.05, 0) is 12.3 Å². The third kappa shape index (κ3) is 3.65. The number of imidazole rings is 1. The Labute approximate surface area is 146 Å². The van der Waals surface area contributed by atoms with Gasteiger partial charge in [0.2, 0.25) is 5.91 Å². The molecule has 0 aromatic carbocycles. The van der Waals surface area contributed by atoms with Gasteiger partial charge in [-0.2, -0.15) is 18.3 Å². The molecule has 8 nitrogen and oxygen atoms in total. The summed E-state index contributed by atoms with van der Waals surface area (Å²) in [5.41, 5.74) is -1.26. The van der Waals surface area contributed by atoms with Gasteiger partial charge in [0, 0.05) is 39.8 Å². The minimum atomic E-state index is -4.46. The highest BCUT2D eigenvalue weighted by Crippen LogP contribution is 2.30. The lowest BCUT2D eigenvalue weighted by atomic mass is 9.99. The number of nitrogens with zero attached hydrogens (tertiary/aromatic N) is 6. The second-order valence-electron chi connectivity index (χ2n) is 6.55. The van der Waals surface area contributed by atoms with E-state index in [-0.39, 0.29) is 24.1 Å². The van der Waals surface area contributed by atoms with Crippen LogP contribution in [0, 0.1) is 5.92 Å². The molecule has 0 unspecified atom stereocenters. The second-order valence-corrected chi connectivity index (χ2v) is 6.55. The molecule has 1 amide bonds. The monoisotopic (exact) mass is 372 g/mol. The largest absolute Gasteiger partial charge is 0.434 e. The van der Waals surface area contributed by atoms with Gasteiger partial charge in [0.25, 0.3) is 0 Å². The molecule has 0 saturated heterocycles. The number of likely N-dealkylation sites (N-methyl/N-ethyl adjacent to an activating group) is 1. The summed E-state index contributed by atoms with van der Waals surface area (Å²) in [6.45, 7) is 0.594. The average Bonchev–Trinajstić information content (AvgIpc) is 3.12. The number of halogens is 3. The van der Waals surface area contributed by atoms with E-state index >= 15 is 0 Å². The van der Waals surface area contributed by atoms with E-state index in [1.807, 2.05) is 0 Å². The molecule has 0 saturated carbocycles. The lowest BCUT2D eigenvalue weighted by Gasteiger charge is -2.28. The van der Waals surface area contributed by atoms with Crippen molar-refractivity contribution in [2.75, 3.05) is 13.6 Å². The van der Waals surface area contributed by atoms with E-state index in [2.05, 4.69) is 10.1 Å². The number of rotatable bonds is 4. The SMILES string of the molecule is CN(C[C@H]1CCc2nc(C(F)(F)F)cn2C1)C(=O)Cn1ncn(C)c1=O. The number of hydrogen-bond acceptors (Lipinski definition) is 4. The first-order valence-electron chi connectivity index (χ1n) is 8.11. The van der Waals surface area contributed by atoms with Crippen LogP contribution in [0.5, 0.6) is 0 Å². The maximum atomic E-state index is 12.8. The summed E-state index contributed by atoms with van der Waals surface area (Å²) < 4.78 is 42.1. The highest BCUT2D eigenvalue weighted by Gasteiger charge is 2.36. The zero-order chi connectivity index (χ0) is 19.1. The van der Waals surface area contributed by atoms with Crippen molar-refractivity contribution in [3.05, 3.63) is 34.5 Å². The van der Waals surface area contributed by atoms with E-state index in [0.29, 0.717) is 31.8 Å². The molecule has 0 radical (unpaired) electrons. The lowest BCUT2D eigenvalue weighted by Crippen LogP contribution is -2.39. The van der Waals surface area contributed by atoms with Gasteiger partial charge in [0.15, 0.2) is 5.69 Å². The molecule has 0 spiro atoms. The predicted molar refractivity (Wildman–Crippen MR) is 84.1 cm³/mol. The van der Waals surface area contributed by atoms with E-state index in [9.17, 15) is 22.8 Å². The first-order chi connectivity index (χ1) is 12.1. The Morgan fingerprint density at radius 3 is 2.77 bits per heavy atom. The van der Waals surface area contributed by atoms with E-state index in [1.165, 1.54) is 20.4 Å². The van der Waals surface area contributed by atoms with Crippen LogP contribution in [0.4, 0.5) is 13.2 Å². The van der Waals surface area contributed by atoms with Gasteiger partial charge in [-0.1, -0.05) is 0 Å². The fraction of sp³-hybridized carbons (Fsp3) is 0.600. The van der Waals surface area contributed by atoms with E-state index < -0.39 is 11.9 Å². The van der Waals surface area contributed by atoms with Crippen LogP contribution in [0.25, 0.3) is 0 Å². The summed E-state index contributed by atoms with van der Waals surface area (Å²) in [5.74, 6) is 0.160. The number of carbonyl (C=O) groups excluding carboxylic acids is 1. The topological polar surface area (TPSA) is 78.0 Å². The summed E-state index contributed by atoms with van der Waals surface area (Å²) in [5, 5.41) is 3.84. The fourth-order valence-corrected chi connectivity index (χ4v) is 3.07. The number of alkyl halides is 3. The number of aryl methyl sites for hydroxylation is 2. The van der Waals surface area contributed by atoms with Gasteiger partial charge in [0.1, 0.15) is 18.7 Å². The molecule has 0 fully saturated rings. The molecule has 26 heavy (non-hydrogen) atoms. The van der Waals surface area contributed by atoms with Gasteiger partial charge in [0.05, 0.1) is 0 Å². The molecule has 1 aliphatic heterocycles. The highest BCUT2D eigenvalue weighted by atomic mass is 19.4. The van der Waals surface area contributed by atoms with Crippen LogP contribution in [-0.2, 0) is 37.5 Å². The minimum absolute atomic E-state index is 0.0205. The quantitative estimate of drug-likeness (QED) is 0.784. The van der Waals surface area contributed by atoms with Crippen molar-refractivity contribution in [2.24, 2.45) is 13.0 Å². The Morgan fingerprint density at radius 1 is 1.42 bits per heavy atom. The number of fused-ring (bicyclic) bond motifs is 1. The van der Waals surface area contributed by atoms with Crippen molar-refractivity contribution < 1.29 is 18.0 Å². The summed E-state index contributed by atoms with van der Waals surface area (Å²) in [6, 6.07) is 0. The Kier molecular flexibility index (Phi) is 4.63. The normalized spacial score (nSPS) is 17.2. The van der Waals surface area contributed by atoms with Crippen LogP contribution in [0.15, 0.2) is 17.3 Å².